The third-order valence-corrected chi connectivity index (χ3v) is 4.78. The zero-order valence-electron chi connectivity index (χ0n) is 9.48. The Hall–Kier alpha value is -1.00. The molecule has 0 atom stereocenters. The van der Waals surface area contributed by atoms with Gasteiger partial charge in [0.25, 0.3) is 0 Å². The maximum absolute atomic E-state index is 5.80. The van der Waals surface area contributed by atoms with Crippen molar-refractivity contribution in [3.05, 3.63) is 52.1 Å². The molecule has 0 aliphatic rings. The summed E-state index contributed by atoms with van der Waals surface area (Å²) in [6, 6.07) is 10.4. The molecule has 2 nitrogen and oxygen atoms in total. The van der Waals surface area contributed by atoms with Gasteiger partial charge in [0.15, 0.2) is 0 Å². The van der Waals surface area contributed by atoms with Gasteiger partial charge in [0.2, 0.25) is 0 Å². The first-order valence-electron chi connectivity index (χ1n) is 5.26. The van der Waals surface area contributed by atoms with Crippen LogP contribution in [0.4, 0.5) is 5.69 Å². The lowest BCUT2D eigenvalue weighted by atomic mass is 10.2. The van der Waals surface area contributed by atoms with Gasteiger partial charge >= 0.3 is 0 Å². The third-order valence-electron chi connectivity index (χ3n) is 2.49. The fourth-order valence-corrected chi connectivity index (χ4v) is 2.97. The molecule has 0 fully saturated rings. The fraction of sp³-hybridized carbons (Fsp3) is 0.154. The summed E-state index contributed by atoms with van der Waals surface area (Å²) in [6.07, 6.45) is 1.72. The highest BCUT2D eigenvalue weighted by Gasteiger charge is 2.07. The largest absolute Gasteiger partial charge is 0.397 e. The lowest BCUT2D eigenvalue weighted by Gasteiger charge is -2.08. The highest BCUT2D eigenvalue weighted by atomic mass is 79.9. The zero-order chi connectivity index (χ0) is 12.3. The van der Waals surface area contributed by atoms with Crippen molar-refractivity contribution >= 4 is 33.4 Å². The van der Waals surface area contributed by atoms with Crippen LogP contribution in [0.5, 0.6) is 0 Å². The maximum Gasteiger partial charge on any atom is 0.111 e. The second-order valence-electron chi connectivity index (χ2n) is 3.73. The molecule has 1 heterocycles. The predicted molar refractivity (Wildman–Crippen MR) is 77.1 cm³/mol. The summed E-state index contributed by atoms with van der Waals surface area (Å²) < 4.78 is 0.999. The van der Waals surface area contributed by atoms with Crippen molar-refractivity contribution in [1.82, 2.24) is 4.98 Å². The van der Waals surface area contributed by atoms with E-state index in [0.717, 1.165) is 26.5 Å². The number of pyridine rings is 1. The van der Waals surface area contributed by atoms with Crippen molar-refractivity contribution in [2.45, 2.75) is 17.7 Å². The highest BCUT2D eigenvalue weighted by Crippen LogP contribution is 2.32. The fourth-order valence-electron chi connectivity index (χ4n) is 1.40. The van der Waals surface area contributed by atoms with Gasteiger partial charge in [-0.15, -0.1) is 11.8 Å². The summed E-state index contributed by atoms with van der Waals surface area (Å²) >= 11 is 5.25. The summed E-state index contributed by atoms with van der Waals surface area (Å²) in [5.41, 5.74) is 8.86. The van der Waals surface area contributed by atoms with Gasteiger partial charge in [-0.25, -0.2) is 4.98 Å². The molecule has 0 saturated heterocycles. The van der Waals surface area contributed by atoms with Crippen LogP contribution in [0, 0.1) is 6.92 Å². The molecule has 0 unspecified atom stereocenters. The van der Waals surface area contributed by atoms with Crippen molar-refractivity contribution < 1.29 is 0 Å². The Morgan fingerprint density at radius 3 is 2.71 bits per heavy atom. The van der Waals surface area contributed by atoms with Crippen molar-refractivity contribution in [3.8, 4) is 0 Å². The van der Waals surface area contributed by atoms with E-state index in [1.807, 2.05) is 25.1 Å². The van der Waals surface area contributed by atoms with Crippen LogP contribution in [0.15, 0.2) is 46.0 Å². The van der Waals surface area contributed by atoms with E-state index >= 15 is 0 Å². The summed E-state index contributed by atoms with van der Waals surface area (Å²) in [5.74, 6) is 0.912. The number of anilines is 1. The van der Waals surface area contributed by atoms with E-state index in [1.54, 1.807) is 18.0 Å². The van der Waals surface area contributed by atoms with Gasteiger partial charge in [-0.1, -0.05) is 30.3 Å². The van der Waals surface area contributed by atoms with Crippen LogP contribution >= 0.6 is 27.7 Å². The Morgan fingerprint density at radius 1 is 1.29 bits per heavy atom. The molecule has 2 rings (SSSR count). The number of hydrogen-bond donors (Lipinski definition) is 1. The minimum absolute atomic E-state index is 0.723. The molecule has 0 bridgehead atoms. The van der Waals surface area contributed by atoms with Crippen LogP contribution in [0.3, 0.4) is 0 Å². The predicted octanol–water partition coefficient (Wildman–Crippen LogP) is 4.03. The average molecular weight is 309 g/mol. The molecule has 0 spiro atoms. The third kappa shape index (κ3) is 3.01. The Labute approximate surface area is 114 Å². The van der Waals surface area contributed by atoms with Crippen LogP contribution in [0.2, 0.25) is 0 Å². The first-order valence-corrected chi connectivity index (χ1v) is 7.03. The number of rotatable bonds is 3. The smallest absolute Gasteiger partial charge is 0.111 e. The number of nitrogen functional groups attached to an aromatic ring is 1. The molecule has 1 aromatic heterocycles. The van der Waals surface area contributed by atoms with E-state index in [4.69, 9.17) is 5.73 Å². The SMILES string of the molecule is Cc1c(N)cnc(SCc2ccccc2)c1Br. The topological polar surface area (TPSA) is 38.9 Å². The molecule has 2 aromatic rings. The van der Waals surface area contributed by atoms with Crippen molar-refractivity contribution in [1.29, 1.82) is 0 Å². The first-order chi connectivity index (χ1) is 8.18. The minimum atomic E-state index is 0.723. The summed E-state index contributed by atoms with van der Waals surface area (Å²) in [4.78, 5) is 4.34. The number of thioether (sulfide) groups is 1. The number of nitrogens with zero attached hydrogens (tertiary/aromatic N) is 1. The van der Waals surface area contributed by atoms with Crippen molar-refractivity contribution in [3.63, 3.8) is 0 Å². The minimum Gasteiger partial charge on any atom is -0.397 e. The molecule has 17 heavy (non-hydrogen) atoms. The molecule has 0 radical (unpaired) electrons. The first kappa shape index (κ1) is 12.5. The van der Waals surface area contributed by atoms with Gasteiger partial charge in [-0.3, -0.25) is 0 Å². The van der Waals surface area contributed by atoms with E-state index in [2.05, 4.69) is 33.0 Å². The molecule has 0 aliphatic heterocycles. The second kappa shape index (κ2) is 5.56. The van der Waals surface area contributed by atoms with Crippen LogP contribution < -0.4 is 5.73 Å². The van der Waals surface area contributed by atoms with Crippen molar-refractivity contribution in [2.24, 2.45) is 0 Å². The van der Waals surface area contributed by atoms with Crippen LogP contribution in [-0.2, 0) is 5.75 Å². The summed E-state index contributed by atoms with van der Waals surface area (Å²) in [6.45, 7) is 1.99. The second-order valence-corrected chi connectivity index (χ2v) is 5.49. The summed E-state index contributed by atoms with van der Waals surface area (Å²) in [5, 5.41) is 0.987. The normalized spacial score (nSPS) is 10.5. The number of aromatic nitrogens is 1. The van der Waals surface area contributed by atoms with Gasteiger partial charge in [0.1, 0.15) is 5.03 Å². The van der Waals surface area contributed by atoms with Gasteiger partial charge < -0.3 is 5.73 Å². The molecular formula is C13H13BrN2S. The van der Waals surface area contributed by atoms with E-state index in [9.17, 15) is 0 Å². The van der Waals surface area contributed by atoms with Gasteiger partial charge in [0, 0.05) is 5.75 Å². The standard InChI is InChI=1S/C13H13BrN2S/c1-9-11(15)7-16-13(12(9)14)17-8-10-5-3-2-4-6-10/h2-7H,8,15H2,1H3. The number of nitrogens with two attached hydrogens (primary N) is 1. The Morgan fingerprint density at radius 2 is 2.00 bits per heavy atom. The molecule has 2 N–H and O–H groups in total. The number of hydrogen-bond acceptors (Lipinski definition) is 3. The van der Waals surface area contributed by atoms with E-state index in [1.165, 1.54) is 5.56 Å². The van der Waals surface area contributed by atoms with Gasteiger partial charge in [0.05, 0.1) is 16.4 Å². The number of benzene rings is 1. The molecule has 1 aromatic carbocycles. The monoisotopic (exact) mass is 308 g/mol. The lowest BCUT2D eigenvalue weighted by molar-refractivity contribution is 1.09. The van der Waals surface area contributed by atoms with Crippen LogP contribution in [0.1, 0.15) is 11.1 Å². The lowest BCUT2D eigenvalue weighted by Crippen LogP contribution is -1.94. The van der Waals surface area contributed by atoms with Gasteiger partial charge in [-0.05, 0) is 34.0 Å². The molecule has 0 saturated carbocycles. The molecule has 0 aliphatic carbocycles. The Balaban J connectivity index is 2.13. The van der Waals surface area contributed by atoms with Gasteiger partial charge in [-0.2, -0.15) is 0 Å². The maximum atomic E-state index is 5.80. The average Bonchev–Trinajstić information content (AvgIpc) is 2.36. The molecule has 88 valence electrons. The molecular weight excluding hydrogens is 296 g/mol. The Bertz CT molecular complexity index is 514. The summed E-state index contributed by atoms with van der Waals surface area (Å²) in [7, 11) is 0. The Kier molecular flexibility index (Phi) is 4.07. The van der Waals surface area contributed by atoms with E-state index < -0.39 is 0 Å². The zero-order valence-corrected chi connectivity index (χ0v) is 11.9. The molecule has 4 heteroatoms. The molecule has 0 amide bonds. The van der Waals surface area contributed by atoms with E-state index in [0.29, 0.717) is 0 Å². The highest BCUT2D eigenvalue weighted by molar-refractivity contribution is 9.10. The van der Waals surface area contributed by atoms with Crippen molar-refractivity contribution in [2.75, 3.05) is 5.73 Å². The van der Waals surface area contributed by atoms with Crippen LogP contribution in [-0.4, -0.2) is 4.98 Å². The quantitative estimate of drug-likeness (QED) is 0.870. The van der Waals surface area contributed by atoms with E-state index in [-0.39, 0.29) is 0 Å². The van der Waals surface area contributed by atoms with Crippen LogP contribution in [0.25, 0.3) is 0 Å². The number of halogens is 1.